The third-order valence-electron chi connectivity index (χ3n) is 6.18. The summed E-state index contributed by atoms with van der Waals surface area (Å²) in [6.07, 6.45) is 9.07. The molecule has 2 heteroatoms. The molecule has 2 aliphatic rings. The van der Waals surface area contributed by atoms with Crippen LogP contribution >= 0.6 is 0 Å². The molecule has 0 aromatic heterocycles. The van der Waals surface area contributed by atoms with Crippen LogP contribution in [0.4, 0.5) is 0 Å². The maximum absolute atomic E-state index is 3.81. The van der Waals surface area contributed by atoms with Crippen molar-refractivity contribution in [1.82, 2.24) is 10.2 Å². The molecule has 1 saturated carbocycles. The van der Waals surface area contributed by atoms with Gasteiger partial charge in [-0.25, -0.2) is 0 Å². The van der Waals surface area contributed by atoms with Crippen LogP contribution in [-0.2, 0) is 0 Å². The molecular formula is C21H34N2. The topological polar surface area (TPSA) is 15.3 Å². The summed E-state index contributed by atoms with van der Waals surface area (Å²) in [6.45, 7) is 6.92. The van der Waals surface area contributed by atoms with Crippen LogP contribution in [0.1, 0.15) is 62.7 Å². The minimum absolute atomic E-state index is 0.392. The van der Waals surface area contributed by atoms with Crippen LogP contribution in [0.5, 0.6) is 0 Å². The summed E-state index contributed by atoms with van der Waals surface area (Å²) in [4.78, 5) is 2.52. The molecule has 23 heavy (non-hydrogen) atoms. The van der Waals surface area contributed by atoms with Gasteiger partial charge in [-0.3, -0.25) is 10.2 Å². The highest BCUT2D eigenvalue weighted by Gasteiger charge is 2.33. The average Bonchev–Trinajstić information content (AvgIpc) is 2.57. The van der Waals surface area contributed by atoms with Crippen LogP contribution in [0.25, 0.3) is 0 Å². The van der Waals surface area contributed by atoms with Crippen molar-refractivity contribution in [2.75, 3.05) is 20.1 Å². The lowest BCUT2D eigenvalue weighted by molar-refractivity contribution is 0.0736. The van der Waals surface area contributed by atoms with Crippen LogP contribution in [0.3, 0.4) is 0 Å². The number of hydrogen-bond donors (Lipinski definition) is 1. The Labute approximate surface area is 142 Å². The third kappa shape index (κ3) is 4.16. The highest BCUT2D eigenvalue weighted by Crippen LogP contribution is 2.37. The lowest BCUT2D eigenvalue weighted by atomic mass is 9.74. The second-order valence-electron chi connectivity index (χ2n) is 7.99. The summed E-state index contributed by atoms with van der Waals surface area (Å²) < 4.78 is 0. The van der Waals surface area contributed by atoms with Gasteiger partial charge in [-0.15, -0.1) is 0 Å². The molecular weight excluding hydrogens is 280 g/mol. The molecule has 1 heterocycles. The van der Waals surface area contributed by atoms with Crippen LogP contribution in [0.2, 0.25) is 0 Å². The van der Waals surface area contributed by atoms with Gasteiger partial charge in [-0.05, 0) is 50.1 Å². The van der Waals surface area contributed by atoms with Gasteiger partial charge in [0.2, 0.25) is 0 Å². The monoisotopic (exact) mass is 314 g/mol. The normalized spacial score (nSPS) is 32.8. The highest BCUT2D eigenvalue weighted by atomic mass is 15.3. The minimum Gasteiger partial charge on any atom is -0.298 e. The molecule has 3 rings (SSSR count). The van der Waals surface area contributed by atoms with E-state index in [1.807, 2.05) is 0 Å². The summed E-state index contributed by atoms with van der Waals surface area (Å²) in [6, 6.07) is 9.01. The lowest BCUT2D eigenvalue weighted by Crippen LogP contribution is -2.50. The Morgan fingerprint density at radius 2 is 1.74 bits per heavy atom. The Kier molecular flexibility index (Phi) is 5.76. The van der Waals surface area contributed by atoms with Crippen LogP contribution in [0, 0.1) is 24.7 Å². The number of nitrogens with zero attached hydrogens (tertiary/aromatic N) is 1. The van der Waals surface area contributed by atoms with E-state index in [9.17, 15) is 0 Å². The Hall–Kier alpha value is -0.860. The smallest absolute Gasteiger partial charge is 0.0858 e. The zero-order valence-electron chi connectivity index (χ0n) is 15.2. The van der Waals surface area contributed by atoms with Gasteiger partial charge in [-0.2, -0.15) is 0 Å². The molecule has 1 aromatic rings. The summed E-state index contributed by atoms with van der Waals surface area (Å²) in [5, 5.41) is 3.81. The molecule has 1 aliphatic heterocycles. The maximum atomic E-state index is 3.81. The van der Waals surface area contributed by atoms with E-state index >= 15 is 0 Å². The number of benzene rings is 1. The standard InChI is InChI=1S/C21H34N2/c1-4-5-17-8-12-18(13-9-17)20-14-22-21(23(3)15-20)19-10-6-16(2)7-11-19/h6-7,10-11,17-18,20-22H,4-5,8-9,12-15H2,1-3H3. The minimum atomic E-state index is 0.392. The van der Waals surface area contributed by atoms with Gasteiger partial charge < -0.3 is 0 Å². The molecule has 2 atom stereocenters. The first-order chi connectivity index (χ1) is 11.2. The quantitative estimate of drug-likeness (QED) is 0.862. The zero-order valence-corrected chi connectivity index (χ0v) is 15.2. The molecule has 0 amide bonds. The largest absolute Gasteiger partial charge is 0.298 e. The van der Waals surface area contributed by atoms with Crippen molar-refractivity contribution in [3.8, 4) is 0 Å². The van der Waals surface area contributed by atoms with E-state index in [1.165, 1.54) is 62.7 Å². The first-order valence-corrected chi connectivity index (χ1v) is 9.67. The Morgan fingerprint density at radius 3 is 2.35 bits per heavy atom. The van der Waals surface area contributed by atoms with Gasteiger partial charge in [0.25, 0.3) is 0 Å². The van der Waals surface area contributed by atoms with Crippen molar-refractivity contribution < 1.29 is 0 Å². The molecule has 1 N–H and O–H groups in total. The van der Waals surface area contributed by atoms with Gasteiger partial charge in [0.05, 0.1) is 6.17 Å². The van der Waals surface area contributed by atoms with E-state index in [0.29, 0.717) is 6.17 Å². The van der Waals surface area contributed by atoms with E-state index in [4.69, 9.17) is 0 Å². The predicted molar refractivity (Wildman–Crippen MR) is 98.4 cm³/mol. The fourth-order valence-corrected chi connectivity index (χ4v) is 4.75. The summed E-state index contributed by atoms with van der Waals surface area (Å²) in [5.41, 5.74) is 2.75. The van der Waals surface area contributed by atoms with Crippen LogP contribution < -0.4 is 5.32 Å². The van der Waals surface area contributed by atoms with Crippen molar-refractivity contribution >= 4 is 0 Å². The molecule has 2 unspecified atom stereocenters. The Morgan fingerprint density at radius 1 is 1.04 bits per heavy atom. The number of rotatable bonds is 4. The van der Waals surface area contributed by atoms with Crippen molar-refractivity contribution in [3.05, 3.63) is 35.4 Å². The average molecular weight is 315 g/mol. The molecule has 2 nitrogen and oxygen atoms in total. The highest BCUT2D eigenvalue weighted by molar-refractivity contribution is 5.24. The fourth-order valence-electron chi connectivity index (χ4n) is 4.75. The third-order valence-corrected chi connectivity index (χ3v) is 6.18. The van der Waals surface area contributed by atoms with Crippen molar-refractivity contribution in [1.29, 1.82) is 0 Å². The van der Waals surface area contributed by atoms with E-state index in [-0.39, 0.29) is 0 Å². The van der Waals surface area contributed by atoms with Crippen molar-refractivity contribution in [2.24, 2.45) is 17.8 Å². The molecule has 1 saturated heterocycles. The van der Waals surface area contributed by atoms with E-state index in [0.717, 1.165) is 17.8 Å². The summed E-state index contributed by atoms with van der Waals surface area (Å²) in [7, 11) is 2.28. The SMILES string of the molecule is CCCC1CCC(C2CNC(c3ccc(C)cc3)N(C)C2)CC1. The van der Waals surface area contributed by atoms with Crippen molar-refractivity contribution in [3.63, 3.8) is 0 Å². The lowest BCUT2D eigenvalue weighted by Gasteiger charge is -2.43. The first-order valence-electron chi connectivity index (χ1n) is 9.67. The molecule has 0 radical (unpaired) electrons. The molecule has 2 fully saturated rings. The van der Waals surface area contributed by atoms with E-state index in [2.05, 4.69) is 55.4 Å². The summed E-state index contributed by atoms with van der Waals surface area (Å²) in [5.74, 6) is 2.80. The predicted octanol–water partition coefficient (Wildman–Crippen LogP) is 4.75. The van der Waals surface area contributed by atoms with Gasteiger partial charge in [0.15, 0.2) is 0 Å². The first kappa shape index (κ1) is 17.0. The van der Waals surface area contributed by atoms with Gasteiger partial charge in [-0.1, -0.05) is 62.4 Å². The molecule has 1 aromatic carbocycles. The second-order valence-corrected chi connectivity index (χ2v) is 7.99. The molecule has 0 bridgehead atoms. The fraction of sp³-hybridized carbons (Fsp3) is 0.714. The number of nitrogens with one attached hydrogen (secondary N) is 1. The van der Waals surface area contributed by atoms with Crippen LogP contribution in [-0.4, -0.2) is 25.0 Å². The van der Waals surface area contributed by atoms with Crippen molar-refractivity contribution in [2.45, 2.75) is 58.5 Å². The van der Waals surface area contributed by atoms with Crippen LogP contribution in [0.15, 0.2) is 24.3 Å². The molecule has 128 valence electrons. The van der Waals surface area contributed by atoms with E-state index in [1.54, 1.807) is 0 Å². The van der Waals surface area contributed by atoms with Gasteiger partial charge in [0, 0.05) is 13.1 Å². The zero-order chi connectivity index (χ0) is 16.2. The Balaban J connectivity index is 1.53. The second kappa shape index (κ2) is 7.81. The Bertz CT molecular complexity index is 473. The van der Waals surface area contributed by atoms with Gasteiger partial charge >= 0.3 is 0 Å². The number of hydrogen-bond acceptors (Lipinski definition) is 2. The van der Waals surface area contributed by atoms with Gasteiger partial charge in [0.1, 0.15) is 0 Å². The maximum Gasteiger partial charge on any atom is 0.0858 e. The summed E-state index contributed by atoms with van der Waals surface area (Å²) >= 11 is 0. The molecule has 0 spiro atoms. The number of aryl methyl sites for hydroxylation is 1. The molecule has 1 aliphatic carbocycles. The van der Waals surface area contributed by atoms with E-state index < -0.39 is 0 Å².